The average molecular weight is 419 g/mol. The van der Waals surface area contributed by atoms with Crippen molar-refractivity contribution in [3.8, 4) is 11.5 Å². The van der Waals surface area contributed by atoms with Crippen LogP contribution in [0.2, 0.25) is 19.6 Å². The Hall–Kier alpha value is -1.98. The fraction of sp³-hybridized carbons (Fsp3) is 0.500. The Kier molecular flexibility index (Phi) is 6.26. The Morgan fingerprint density at radius 1 is 1.00 bits per heavy atom. The molecule has 0 aliphatic heterocycles. The summed E-state index contributed by atoms with van der Waals surface area (Å²) in [7, 11) is -1.37. The molecule has 1 atom stereocenters. The van der Waals surface area contributed by atoms with E-state index in [0.717, 1.165) is 24.8 Å². The Bertz CT molecular complexity index is 919. The molecule has 1 fully saturated rings. The van der Waals surface area contributed by atoms with Gasteiger partial charge in [-0.2, -0.15) is 0 Å². The molecule has 0 saturated heterocycles. The van der Waals surface area contributed by atoms with E-state index in [1.807, 2.05) is 12.2 Å². The van der Waals surface area contributed by atoms with Crippen LogP contribution in [0, 0.1) is 28.2 Å². The molecule has 1 N–H and O–H groups in total. The zero-order valence-electron chi connectivity index (χ0n) is 19.9. The van der Waals surface area contributed by atoms with Crippen LogP contribution in [-0.4, -0.2) is 13.2 Å². The molecule has 1 saturated carbocycles. The summed E-state index contributed by atoms with van der Waals surface area (Å²) in [6.45, 7) is 16.3. The zero-order valence-corrected chi connectivity index (χ0v) is 20.9. The summed E-state index contributed by atoms with van der Waals surface area (Å²) in [4.78, 5) is 0. The first-order valence-corrected chi connectivity index (χ1v) is 14.7. The van der Waals surface area contributed by atoms with Crippen molar-refractivity contribution < 1.29 is 5.11 Å². The van der Waals surface area contributed by atoms with Crippen molar-refractivity contribution in [2.75, 3.05) is 0 Å². The van der Waals surface area contributed by atoms with E-state index >= 15 is 0 Å². The summed E-state index contributed by atoms with van der Waals surface area (Å²) >= 11 is 0. The molecule has 1 aromatic rings. The van der Waals surface area contributed by atoms with Crippen molar-refractivity contribution in [2.24, 2.45) is 16.7 Å². The predicted octanol–water partition coefficient (Wildman–Crippen LogP) is 7.62. The Morgan fingerprint density at radius 2 is 1.60 bits per heavy atom. The second-order valence-electron chi connectivity index (χ2n) is 11.8. The van der Waals surface area contributed by atoms with Crippen LogP contribution in [0.5, 0.6) is 0 Å². The second kappa shape index (κ2) is 8.27. The molecule has 3 rings (SSSR count). The maximum Gasteiger partial charge on any atom is 0.129 e. The molecule has 0 amide bonds. The van der Waals surface area contributed by atoms with Gasteiger partial charge in [-0.25, -0.2) is 0 Å². The molecule has 2 aliphatic carbocycles. The SMILES string of the molecule is CC1(C)CC(=C2C=CC=C(O)C2Cc2ccc(C#C[Si](C)(C)C)cc2)CC(C)(C)C1. The lowest BCUT2D eigenvalue weighted by Gasteiger charge is -2.43. The van der Waals surface area contributed by atoms with Gasteiger partial charge in [0, 0.05) is 11.5 Å². The van der Waals surface area contributed by atoms with Gasteiger partial charge < -0.3 is 5.11 Å². The zero-order chi connectivity index (χ0) is 22.2. The maximum atomic E-state index is 10.8. The summed E-state index contributed by atoms with van der Waals surface area (Å²) in [5.41, 5.74) is 9.23. The number of hydrogen-bond acceptors (Lipinski definition) is 1. The summed E-state index contributed by atoms with van der Waals surface area (Å²) < 4.78 is 0. The molecule has 30 heavy (non-hydrogen) atoms. The third-order valence-corrected chi connectivity index (χ3v) is 6.88. The molecule has 0 heterocycles. The molecule has 0 spiro atoms. The van der Waals surface area contributed by atoms with Crippen LogP contribution >= 0.6 is 0 Å². The standard InChI is InChI=1S/C28H38OSi/c1-27(2)18-23(19-28(3,4)20-27)24-9-8-10-26(29)25(24)17-22-13-11-21(12-14-22)15-16-30(5,6)7/h8-14,25,29H,17-20H2,1-7H3. The normalized spacial score (nSPS) is 22.9. The van der Waals surface area contributed by atoms with Crippen LogP contribution in [0.15, 0.2) is 59.4 Å². The summed E-state index contributed by atoms with van der Waals surface area (Å²) in [6.07, 6.45) is 10.4. The van der Waals surface area contributed by atoms with Gasteiger partial charge in [0.15, 0.2) is 0 Å². The lowest BCUT2D eigenvalue weighted by atomic mass is 9.62. The molecule has 160 valence electrons. The van der Waals surface area contributed by atoms with E-state index in [1.165, 1.54) is 23.1 Å². The molecule has 1 aromatic carbocycles. The lowest BCUT2D eigenvalue weighted by molar-refractivity contribution is 0.152. The molecular formula is C28H38OSi. The summed E-state index contributed by atoms with van der Waals surface area (Å²) in [6, 6.07) is 8.61. The van der Waals surface area contributed by atoms with Gasteiger partial charge in [-0.05, 0) is 65.9 Å². The van der Waals surface area contributed by atoms with Gasteiger partial charge in [-0.15, -0.1) is 5.54 Å². The van der Waals surface area contributed by atoms with Crippen molar-refractivity contribution in [3.63, 3.8) is 0 Å². The van der Waals surface area contributed by atoms with E-state index in [4.69, 9.17) is 0 Å². The van der Waals surface area contributed by atoms with Crippen LogP contribution < -0.4 is 0 Å². The highest BCUT2D eigenvalue weighted by Crippen LogP contribution is 2.50. The molecule has 0 bridgehead atoms. The van der Waals surface area contributed by atoms with Gasteiger partial charge in [0.05, 0.1) is 0 Å². The van der Waals surface area contributed by atoms with Gasteiger partial charge in [-0.3, -0.25) is 0 Å². The molecular weight excluding hydrogens is 380 g/mol. The molecule has 1 unspecified atom stereocenters. The number of allylic oxidation sites excluding steroid dienone is 5. The quantitative estimate of drug-likeness (QED) is 0.387. The Balaban J connectivity index is 1.87. The van der Waals surface area contributed by atoms with E-state index in [1.54, 1.807) is 0 Å². The molecule has 0 radical (unpaired) electrons. The Labute approximate surface area is 185 Å². The van der Waals surface area contributed by atoms with Crippen LogP contribution in [-0.2, 0) is 6.42 Å². The van der Waals surface area contributed by atoms with Crippen molar-refractivity contribution >= 4 is 8.07 Å². The largest absolute Gasteiger partial charge is 0.512 e. The highest BCUT2D eigenvalue weighted by atomic mass is 28.3. The maximum absolute atomic E-state index is 10.8. The first kappa shape index (κ1) is 22.7. The highest BCUT2D eigenvalue weighted by Gasteiger charge is 2.37. The van der Waals surface area contributed by atoms with Crippen molar-refractivity contribution in [1.82, 2.24) is 0 Å². The van der Waals surface area contributed by atoms with Gasteiger partial charge >= 0.3 is 0 Å². The van der Waals surface area contributed by atoms with Crippen LogP contribution in [0.1, 0.15) is 58.1 Å². The van der Waals surface area contributed by atoms with E-state index in [2.05, 4.69) is 89.1 Å². The van der Waals surface area contributed by atoms with Crippen LogP contribution in [0.25, 0.3) is 0 Å². The summed E-state index contributed by atoms with van der Waals surface area (Å²) in [5.74, 6) is 3.87. The van der Waals surface area contributed by atoms with Crippen LogP contribution in [0.4, 0.5) is 0 Å². The van der Waals surface area contributed by atoms with E-state index in [0.29, 0.717) is 16.6 Å². The number of aliphatic hydroxyl groups is 1. The monoisotopic (exact) mass is 418 g/mol. The fourth-order valence-corrected chi connectivity index (χ4v) is 5.80. The average Bonchev–Trinajstić information content (AvgIpc) is 2.59. The topological polar surface area (TPSA) is 20.2 Å². The number of aliphatic hydroxyl groups excluding tert-OH is 1. The summed E-state index contributed by atoms with van der Waals surface area (Å²) in [5, 5.41) is 10.8. The molecule has 0 aromatic heterocycles. The second-order valence-corrected chi connectivity index (χ2v) is 16.6. The van der Waals surface area contributed by atoms with Gasteiger partial charge in [0.2, 0.25) is 0 Å². The van der Waals surface area contributed by atoms with Gasteiger partial charge in [0.1, 0.15) is 13.8 Å². The molecule has 2 aliphatic rings. The molecule has 1 nitrogen and oxygen atoms in total. The third kappa shape index (κ3) is 6.02. The van der Waals surface area contributed by atoms with E-state index in [-0.39, 0.29) is 5.92 Å². The van der Waals surface area contributed by atoms with E-state index in [9.17, 15) is 5.11 Å². The third-order valence-electron chi connectivity index (χ3n) is 6.00. The van der Waals surface area contributed by atoms with Crippen LogP contribution in [0.3, 0.4) is 0 Å². The highest BCUT2D eigenvalue weighted by molar-refractivity contribution is 6.83. The fourth-order valence-electron chi connectivity index (χ4n) is 5.28. The first-order valence-electron chi connectivity index (χ1n) is 11.2. The molecule has 2 heteroatoms. The van der Waals surface area contributed by atoms with Crippen molar-refractivity contribution in [1.29, 1.82) is 0 Å². The van der Waals surface area contributed by atoms with E-state index < -0.39 is 8.07 Å². The van der Waals surface area contributed by atoms with Gasteiger partial charge in [-0.1, -0.05) is 83.1 Å². The minimum atomic E-state index is -1.37. The van der Waals surface area contributed by atoms with Crippen molar-refractivity contribution in [2.45, 2.75) is 73.0 Å². The number of hydrogen-bond donors (Lipinski definition) is 1. The minimum absolute atomic E-state index is 0.0496. The minimum Gasteiger partial charge on any atom is -0.512 e. The lowest BCUT2D eigenvalue weighted by Crippen LogP contribution is -2.31. The van der Waals surface area contributed by atoms with Gasteiger partial charge in [0.25, 0.3) is 0 Å². The first-order chi connectivity index (χ1) is 13.8. The predicted molar refractivity (Wildman–Crippen MR) is 132 cm³/mol. The van der Waals surface area contributed by atoms with Crippen molar-refractivity contribution in [3.05, 3.63) is 70.5 Å². The number of benzene rings is 1. The smallest absolute Gasteiger partial charge is 0.129 e. The Morgan fingerprint density at radius 3 is 2.17 bits per heavy atom. The number of rotatable bonds is 2.